The Morgan fingerprint density at radius 2 is 1.79 bits per heavy atom. The van der Waals surface area contributed by atoms with Crippen LogP contribution in [-0.4, -0.2) is 8.42 Å². The van der Waals surface area contributed by atoms with Gasteiger partial charge in [-0.15, -0.1) is 0 Å². The van der Waals surface area contributed by atoms with Gasteiger partial charge in [-0.1, -0.05) is 30.8 Å². The summed E-state index contributed by atoms with van der Waals surface area (Å²) in [7, 11) is -3.37. The van der Waals surface area contributed by atoms with Gasteiger partial charge in [-0.2, -0.15) is 0 Å². The maximum Gasteiger partial charge on any atom is 0.208 e. The molecule has 0 spiro atoms. The summed E-state index contributed by atoms with van der Waals surface area (Å²) in [6, 6.07) is 11.2. The Balaban J connectivity index is 2.28. The summed E-state index contributed by atoms with van der Waals surface area (Å²) < 4.78 is 25.3. The van der Waals surface area contributed by atoms with Crippen LogP contribution in [0.15, 0.2) is 56.0 Å². The fourth-order valence-electron chi connectivity index (χ4n) is 2.22. The van der Waals surface area contributed by atoms with Crippen molar-refractivity contribution in [2.24, 2.45) is 0 Å². The first-order valence-electron chi connectivity index (χ1n) is 6.19. The molecule has 1 aliphatic heterocycles. The van der Waals surface area contributed by atoms with E-state index in [1.54, 1.807) is 12.1 Å². The predicted molar refractivity (Wildman–Crippen MR) is 76.6 cm³/mol. The molecule has 0 N–H and O–H groups in total. The van der Waals surface area contributed by atoms with Gasteiger partial charge in [0.25, 0.3) is 0 Å². The molecule has 2 aromatic rings. The molecular weight excluding hydrogens is 276 g/mol. The second kappa shape index (κ2) is 4.39. The highest BCUT2D eigenvalue weighted by atomic mass is 32.2. The van der Waals surface area contributed by atoms with Gasteiger partial charge in [0.15, 0.2) is 0 Å². The van der Waals surface area contributed by atoms with Crippen LogP contribution in [0.5, 0.6) is 0 Å². The summed E-state index contributed by atoms with van der Waals surface area (Å²) in [5.74, 6) is 0. The summed E-state index contributed by atoms with van der Waals surface area (Å²) >= 11 is 1.54. The molecule has 4 heteroatoms. The van der Waals surface area contributed by atoms with Crippen LogP contribution in [0.1, 0.15) is 18.1 Å². The average Bonchev–Trinajstić information content (AvgIpc) is 2.38. The van der Waals surface area contributed by atoms with Crippen LogP contribution >= 0.6 is 11.8 Å². The van der Waals surface area contributed by atoms with Crippen molar-refractivity contribution in [3.05, 3.63) is 47.5 Å². The lowest BCUT2D eigenvalue weighted by molar-refractivity contribution is 0.590. The zero-order valence-electron chi connectivity index (χ0n) is 10.8. The molecule has 3 rings (SSSR count). The Labute approximate surface area is 117 Å². The summed E-state index contributed by atoms with van der Waals surface area (Å²) in [5.41, 5.74) is 2.13. The maximum absolute atomic E-state index is 12.7. The topological polar surface area (TPSA) is 34.1 Å². The third-order valence-electron chi connectivity index (χ3n) is 3.31. The van der Waals surface area contributed by atoms with Crippen molar-refractivity contribution in [2.45, 2.75) is 39.9 Å². The van der Waals surface area contributed by atoms with Crippen LogP contribution in [0, 0.1) is 6.92 Å². The minimum atomic E-state index is -3.37. The number of aryl methyl sites for hydroxylation is 2. The van der Waals surface area contributed by atoms with Gasteiger partial charge in [0.2, 0.25) is 9.84 Å². The van der Waals surface area contributed by atoms with Crippen molar-refractivity contribution in [3.63, 3.8) is 0 Å². The fourth-order valence-corrected chi connectivity index (χ4v) is 5.52. The molecule has 2 aromatic carbocycles. The van der Waals surface area contributed by atoms with Crippen LogP contribution in [0.4, 0.5) is 0 Å². The molecule has 0 aliphatic carbocycles. The Kier molecular flexibility index (Phi) is 2.95. The van der Waals surface area contributed by atoms with E-state index in [4.69, 9.17) is 0 Å². The first-order chi connectivity index (χ1) is 9.02. The number of hydrogen-bond donors (Lipinski definition) is 0. The Morgan fingerprint density at radius 3 is 2.53 bits per heavy atom. The Morgan fingerprint density at radius 1 is 1.00 bits per heavy atom. The maximum atomic E-state index is 12.7. The van der Waals surface area contributed by atoms with Crippen molar-refractivity contribution in [1.82, 2.24) is 0 Å². The highest BCUT2D eigenvalue weighted by Gasteiger charge is 2.30. The van der Waals surface area contributed by atoms with Gasteiger partial charge < -0.3 is 0 Å². The lowest BCUT2D eigenvalue weighted by Crippen LogP contribution is -2.10. The van der Waals surface area contributed by atoms with Crippen molar-refractivity contribution < 1.29 is 8.42 Å². The standard InChI is InChI=1S/C15H14O2S2/c1-3-11-5-6-12-15(9-11)19(16,17)14-7-4-10(2)8-13(14)18-12/h4-9H,3H2,1-2H3. The first kappa shape index (κ1) is 12.8. The Hall–Kier alpha value is -1.26. The highest BCUT2D eigenvalue weighted by molar-refractivity contribution is 8.02. The summed E-state index contributed by atoms with van der Waals surface area (Å²) in [5, 5.41) is 0. The molecule has 0 atom stereocenters. The SMILES string of the molecule is CCc1ccc2c(c1)S(=O)(=O)c1ccc(C)cc1S2. The summed E-state index contributed by atoms with van der Waals surface area (Å²) in [4.78, 5) is 2.55. The van der Waals surface area contributed by atoms with Gasteiger partial charge in [-0.3, -0.25) is 0 Å². The quantitative estimate of drug-likeness (QED) is 0.682. The minimum Gasteiger partial charge on any atom is -0.218 e. The zero-order chi connectivity index (χ0) is 13.6. The van der Waals surface area contributed by atoms with Gasteiger partial charge in [0.1, 0.15) is 0 Å². The fraction of sp³-hybridized carbons (Fsp3) is 0.200. The largest absolute Gasteiger partial charge is 0.218 e. The molecule has 2 nitrogen and oxygen atoms in total. The van der Waals surface area contributed by atoms with E-state index >= 15 is 0 Å². The molecule has 98 valence electrons. The molecule has 0 saturated carbocycles. The molecule has 0 bridgehead atoms. The van der Waals surface area contributed by atoms with E-state index in [9.17, 15) is 8.42 Å². The van der Waals surface area contributed by atoms with E-state index in [0.717, 1.165) is 27.3 Å². The molecule has 1 heterocycles. The first-order valence-corrected chi connectivity index (χ1v) is 8.49. The Bertz CT molecular complexity index is 762. The predicted octanol–water partition coefficient (Wildman–Crippen LogP) is 3.85. The molecule has 19 heavy (non-hydrogen) atoms. The van der Waals surface area contributed by atoms with E-state index in [1.807, 2.05) is 38.1 Å². The van der Waals surface area contributed by atoms with E-state index in [0.29, 0.717) is 9.79 Å². The van der Waals surface area contributed by atoms with Crippen molar-refractivity contribution in [2.75, 3.05) is 0 Å². The minimum absolute atomic E-state index is 0.434. The van der Waals surface area contributed by atoms with E-state index in [-0.39, 0.29) is 0 Å². The average molecular weight is 290 g/mol. The van der Waals surface area contributed by atoms with Gasteiger partial charge >= 0.3 is 0 Å². The molecule has 0 unspecified atom stereocenters. The number of sulfone groups is 1. The van der Waals surface area contributed by atoms with Gasteiger partial charge in [-0.25, -0.2) is 8.42 Å². The van der Waals surface area contributed by atoms with E-state index in [1.165, 1.54) is 11.8 Å². The van der Waals surface area contributed by atoms with Crippen LogP contribution in [0.2, 0.25) is 0 Å². The van der Waals surface area contributed by atoms with Gasteiger partial charge in [0.05, 0.1) is 9.79 Å². The third kappa shape index (κ3) is 1.99. The molecule has 0 radical (unpaired) electrons. The smallest absolute Gasteiger partial charge is 0.208 e. The number of hydrogen-bond acceptors (Lipinski definition) is 3. The summed E-state index contributed by atoms with van der Waals surface area (Å²) in [6.45, 7) is 4.00. The zero-order valence-corrected chi connectivity index (χ0v) is 12.4. The van der Waals surface area contributed by atoms with Crippen molar-refractivity contribution in [1.29, 1.82) is 0 Å². The van der Waals surface area contributed by atoms with Crippen LogP contribution < -0.4 is 0 Å². The molecule has 0 fully saturated rings. The molecule has 0 amide bonds. The van der Waals surface area contributed by atoms with E-state index < -0.39 is 9.84 Å². The molecule has 0 saturated heterocycles. The van der Waals surface area contributed by atoms with E-state index in [2.05, 4.69) is 0 Å². The number of benzene rings is 2. The van der Waals surface area contributed by atoms with Crippen LogP contribution in [0.25, 0.3) is 0 Å². The summed E-state index contributed by atoms with van der Waals surface area (Å²) in [6.07, 6.45) is 0.841. The van der Waals surface area contributed by atoms with Crippen LogP contribution in [-0.2, 0) is 16.3 Å². The monoisotopic (exact) mass is 290 g/mol. The molecular formula is C15H14O2S2. The highest BCUT2D eigenvalue weighted by Crippen LogP contribution is 2.45. The van der Waals surface area contributed by atoms with Gasteiger partial charge in [0, 0.05) is 9.79 Å². The lowest BCUT2D eigenvalue weighted by Gasteiger charge is -2.20. The molecule has 0 aromatic heterocycles. The number of rotatable bonds is 1. The second-order valence-electron chi connectivity index (χ2n) is 4.69. The molecule has 1 aliphatic rings. The third-order valence-corrected chi connectivity index (χ3v) is 6.56. The van der Waals surface area contributed by atoms with Crippen LogP contribution in [0.3, 0.4) is 0 Å². The lowest BCUT2D eigenvalue weighted by atomic mass is 10.2. The van der Waals surface area contributed by atoms with Crippen molar-refractivity contribution in [3.8, 4) is 0 Å². The second-order valence-corrected chi connectivity index (χ2v) is 7.66. The normalized spacial score (nSPS) is 15.7. The van der Waals surface area contributed by atoms with Gasteiger partial charge in [-0.05, 0) is 48.7 Å². The number of fused-ring (bicyclic) bond motifs is 2. The van der Waals surface area contributed by atoms with Crippen molar-refractivity contribution >= 4 is 21.6 Å².